The van der Waals surface area contributed by atoms with E-state index in [9.17, 15) is 0 Å². The number of fused-ring (bicyclic) bond motifs is 1. The first kappa shape index (κ1) is 14.4. The van der Waals surface area contributed by atoms with Crippen molar-refractivity contribution in [2.45, 2.75) is 19.9 Å². The Hall–Kier alpha value is -1.59. The number of hydrogen-bond donors (Lipinski definition) is 1. The lowest BCUT2D eigenvalue weighted by atomic mass is 10.2. The third-order valence-electron chi connectivity index (χ3n) is 4.12. The lowest BCUT2D eigenvalue weighted by molar-refractivity contribution is 0.658. The average molecular weight is 302 g/mol. The number of aryl methyl sites for hydroxylation is 1. The Kier molecular flexibility index (Phi) is 3.87. The second-order valence-corrected chi connectivity index (χ2v) is 6.53. The summed E-state index contributed by atoms with van der Waals surface area (Å²) in [6.07, 6.45) is 0. The van der Waals surface area contributed by atoms with E-state index in [0.717, 1.165) is 23.9 Å². The van der Waals surface area contributed by atoms with Gasteiger partial charge in [0.2, 0.25) is 0 Å². The fourth-order valence-corrected chi connectivity index (χ4v) is 3.91. The number of nitrogens with zero attached hydrogens (tertiary/aromatic N) is 3. The number of aromatic nitrogens is 1. The molecular formula is C16H22N4S. The second-order valence-electron chi connectivity index (χ2n) is 5.52. The van der Waals surface area contributed by atoms with Crippen molar-refractivity contribution in [1.82, 2.24) is 10.3 Å². The van der Waals surface area contributed by atoms with Crippen LogP contribution in [-0.2, 0) is 0 Å². The lowest BCUT2D eigenvalue weighted by Crippen LogP contribution is -2.36. The van der Waals surface area contributed by atoms with Gasteiger partial charge in [0.15, 0.2) is 5.13 Å². The van der Waals surface area contributed by atoms with Crippen molar-refractivity contribution in [3.63, 3.8) is 0 Å². The van der Waals surface area contributed by atoms with E-state index in [2.05, 4.69) is 60.3 Å². The molecule has 0 fully saturated rings. The first-order chi connectivity index (χ1) is 10.1. The van der Waals surface area contributed by atoms with Gasteiger partial charge in [-0.1, -0.05) is 23.5 Å². The molecule has 1 aliphatic heterocycles. The Balaban J connectivity index is 2.00. The molecule has 1 aromatic heterocycles. The van der Waals surface area contributed by atoms with Crippen LogP contribution < -0.4 is 15.1 Å². The average Bonchev–Trinajstić information content (AvgIpc) is 2.89. The van der Waals surface area contributed by atoms with E-state index in [4.69, 9.17) is 4.98 Å². The maximum absolute atomic E-state index is 4.81. The number of likely N-dealkylation sites (N-methyl/N-ethyl adjacent to an activating group) is 1. The Morgan fingerprint density at radius 2 is 1.95 bits per heavy atom. The maximum atomic E-state index is 4.81. The molecule has 0 saturated carbocycles. The standard InChI is InChI=1S/C16H22N4S/c1-11(17-3)15-12(2)18-16(21-15)20-10-9-19(4)13-7-5-6-8-14(13)20/h5-8,11,17H,9-10H2,1-4H3. The monoisotopic (exact) mass is 302 g/mol. The summed E-state index contributed by atoms with van der Waals surface area (Å²) in [5.74, 6) is 0. The van der Waals surface area contributed by atoms with E-state index in [1.165, 1.54) is 16.3 Å². The number of thiazole rings is 1. The molecule has 1 aliphatic rings. The normalized spacial score (nSPS) is 16.0. The van der Waals surface area contributed by atoms with Gasteiger partial charge in [-0.25, -0.2) is 4.98 Å². The zero-order valence-corrected chi connectivity index (χ0v) is 13.9. The first-order valence-corrected chi connectivity index (χ1v) is 8.15. The molecule has 3 rings (SSSR count). The Bertz CT molecular complexity index is 637. The molecule has 4 nitrogen and oxygen atoms in total. The highest BCUT2D eigenvalue weighted by atomic mass is 32.1. The van der Waals surface area contributed by atoms with E-state index >= 15 is 0 Å². The summed E-state index contributed by atoms with van der Waals surface area (Å²) < 4.78 is 0. The highest BCUT2D eigenvalue weighted by Gasteiger charge is 2.24. The van der Waals surface area contributed by atoms with Gasteiger partial charge in [0.05, 0.1) is 17.1 Å². The van der Waals surface area contributed by atoms with Crippen LogP contribution in [0.15, 0.2) is 24.3 Å². The first-order valence-electron chi connectivity index (χ1n) is 7.34. The summed E-state index contributed by atoms with van der Waals surface area (Å²) in [4.78, 5) is 10.8. The van der Waals surface area contributed by atoms with Crippen molar-refractivity contribution in [1.29, 1.82) is 0 Å². The van der Waals surface area contributed by atoms with Gasteiger partial charge >= 0.3 is 0 Å². The molecule has 0 radical (unpaired) electrons. The van der Waals surface area contributed by atoms with Crippen LogP contribution in [0, 0.1) is 6.92 Å². The van der Waals surface area contributed by atoms with Crippen LogP contribution in [0.1, 0.15) is 23.5 Å². The minimum atomic E-state index is 0.346. The summed E-state index contributed by atoms with van der Waals surface area (Å²) in [5.41, 5.74) is 3.66. The molecule has 2 heterocycles. The van der Waals surface area contributed by atoms with Crippen LogP contribution in [0.2, 0.25) is 0 Å². The summed E-state index contributed by atoms with van der Waals surface area (Å²) >= 11 is 1.80. The largest absolute Gasteiger partial charge is 0.371 e. The van der Waals surface area contributed by atoms with Gasteiger partial charge in [-0.15, -0.1) is 0 Å². The van der Waals surface area contributed by atoms with Crippen LogP contribution in [0.5, 0.6) is 0 Å². The molecule has 0 bridgehead atoms. The van der Waals surface area contributed by atoms with Crippen LogP contribution in [0.4, 0.5) is 16.5 Å². The highest BCUT2D eigenvalue weighted by Crippen LogP contribution is 2.40. The highest BCUT2D eigenvalue weighted by molar-refractivity contribution is 7.15. The van der Waals surface area contributed by atoms with E-state index in [0.29, 0.717) is 6.04 Å². The third-order valence-corrected chi connectivity index (χ3v) is 5.48. The fourth-order valence-electron chi connectivity index (χ4n) is 2.75. The number of nitrogens with one attached hydrogen (secondary N) is 1. The maximum Gasteiger partial charge on any atom is 0.190 e. The predicted octanol–water partition coefficient (Wildman–Crippen LogP) is 3.32. The van der Waals surface area contributed by atoms with Crippen molar-refractivity contribution in [3.05, 3.63) is 34.8 Å². The molecule has 5 heteroatoms. The van der Waals surface area contributed by atoms with Crippen LogP contribution in [0.3, 0.4) is 0 Å². The molecule has 0 aliphatic carbocycles. The van der Waals surface area contributed by atoms with Gasteiger partial charge in [0.1, 0.15) is 0 Å². The molecule has 0 saturated heterocycles. The molecule has 2 aromatic rings. The number of benzene rings is 1. The van der Waals surface area contributed by atoms with Crippen molar-refractivity contribution in [2.75, 3.05) is 37.0 Å². The van der Waals surface area contributed by atoms with Crippen molar-refractivity contribution >= 4 is 27.8 Å². The zero-order chi connectivity index (χ0) is 15.0. The van der Waals surface area contributed by atoms with E-state index in [-0.39, 0.29) is 0 Å². The topological polar surface area (TPSA) is 31.4 Å². The van der Waals surface area contributed by atoms with Gasteiger partial charge in [-0.2, -0.15) is 0 Å². The molecule has 1 unspecified atom stereocenters. The third kappa shape index (κ3) is 2.51. The van der Waals surface area contributed by atoms with Gasteiger partial charge in [0, 0.05) is 31.1 Å². The summed E-state index contributed by atoms with van der Waals surface area (Å²) in [6, 6.07) is 8.91. The summed E-state index contributed by atoms with van der Waals surface area (Å²) in [7, 11) is 4.15. The van der Waals surface area contributed by atoms with Crippen molar-refractivity contribution in [2.24, 2.45) is 0 Å². The summed E-state index contributed by atoms with van der Waals surface area (Å²) in [6.45, 7) is 6.29. The quantitative estimate of drug-likeness (QED) is 0.942. The van der Waals surface area contributed by atoms with Gasteiger partial charge < -0.3 is 15.1 Å². The van der Waals surface area contributed by atoms with Crippen LogP contribution in [0.25, 0.3) is 0 Å². The lowest BCUT2D eigenvalue weighted by Gasteiger charge is -2.35. The second kappa shape index (κ2) is 5.66. The van der Waals surface area contributed by atoms with Gasteiger partial charge in [0.25, 0.3) is 0 Å². The Morgan fingerprint density at radius 1 is 1.24 bits per heavy atom. The zero-order valence-electron chi connectivity index (χ0n) is 13.1. The van der Waals surface area contributed by atoms with E-state index < -0.39 is 0 Å². The molecule has 21 heavy (non-hydrogen) atoms. The molecule has 1 aromatic carbocycles. The molecule has 1 atom stereocenters. The Morgan fingerprint density at radius 3 is 2.67 bits per heavy atom. The van der Waals surface area contributed by atoms with E-state index in [1.807, 2.05) is 7.05 Å². The van der Waals surface area contributed by atoms with Crippen molar-refractivity contribution < 1.29 is 0 Å². The molecule has 1 N–H and O–H groups in total. The van der Waals surface area contributed by atoms with Crippen molar-refractivity contribution in [3.8, 4) is 0 Å². The van der Waals surface area contributed by atoms with Crippen LogP contribution in [-0.4, -0.2) is 32.2 Å². The minimum absolute atomic E-state index is 0.346. The molecular weight excluding hydrogens is 280 g/mol. The van der Waals surface area contributed by atoms with Crippen LogP contribution >= 0.6 is 11.3 Å². The molecule has 0 spiro atoms. The van der Waals surface area contributed by atoms with E-state index in [1.54, 1.807) is 11.3 Å². The number of hydrogen-bond acceptors (Lipinski definition) is 5. The van der Waals surface area contributed by atoms with Gasteiger partial charge in [-0.3, -0.25) is 0 Å². The number of rotatable bonds is 3. The SMILES string of the molecule is CNC(C)c1sc(N2CCN(C)c3ccccc32)nc1C. The number of anilines is 3. The molecule has 112 valence electrons. The molecule has 0 amide bonds. The minimum Gasteiger partial charge on any atom is -0.371 e. The predicted molar refractivity (Wildman–Crippen MR) is 91.0 cm³/mol. The Labute approximate surface area is 130 Å². The smallest absolute Gasteiger partial charge is 0.190 e. The number of para-hydroxylation sites is 2. The van der Waals surface area contributed by atoms with Gasteiger partial charge in [-0.05, 0) is 33.0 Å². The fraction of sp³-hybridized carbons (Fsp3) is 0.438. The summed E-state index contributed by atoms with van der Waals surface area (Å²) in [5, 5.41) is 4.41.